The van der Waals surface area contributed by atoms with E-state index in [0.717, 1.165) is 24.1 Å². The van der Waals surface area contributed by atoms with E-state index < -0.39 is 0 Å². The van der Waals surface area contributed by atoms with Crippen molar-refractivity contribution in [2.75, 3.05) is 12.3 Å². The van der Waals surface area contributed by atoms with Crippen LogP contribution in [0.25, 0.3) is 0 Å². The minimum absolute atomic E-state index is 0.0680. The van der Waals surface area contributed by atoms with E-state index in [0.29, 0.717) is 12.5 Å². The third kappa shape index (κ3) is 2.15. The van der Waals surface area contributed by atoms with Gasteiger partial charge in [0.25, 0.3) is 0 Å². The van der Waals surface area contributed by atoms with Gasteiger partial charge in [0.2, 0.25) is 0 Å². The SMILES string of the molecule is CCOC(=O)N1C2C=CC(CC2)C1c1ccc(N)cc1. The fourth-order valence-corrected chi connectivity index (χ4v) is 3.28. The third-order valence-corrected chi connectivity index (χ3v) is 4.20. The standard InChI is InChI=1S/C16H20N2O2/c1-2-20-16(19)18-14-9-5-12(6-10-14)15(18)11-3-7-13(17)8-4-11/h3-5,7-9,12,14-15H,2,6,10,17H2,1H3. The first-order valence-corrected chi connectivity index (χ1v) is 7.19. The highest BCUT2D eigenvalue weighted by Crippen LogP contribution is 2.44. The van der Waals surface area contributed by atoms with Crippen LogP contribution in [0.2, 0.25) is 0 Å². The monoisotopic (exact) mass is 272 g/mol. The van der Waals surface area contributed by atoms with Gasteiger partial charge in [-0.05, 0) is 37.5 Å². The Kier molecular flexibility index (Phi) is 3.38. The molecule has 1 amide bonds. The molecule has 3 atom stereocenters. The van der Waals surface area contributed by atoms with Crippen molar-refractivity contribution < 1.29 is 9.53 Å². The van der Waals surface area contributed by atoms with E-state index in [1.54, 1.807) is 0 Å². The average molecular weight is 272 g/mol. The van der Waals surface area contributed by atoms with Crippen LogP contribution in [0.3, 0.4) is 0 Å². The maximum Gasteiger partial charge on any atom is 0.410 e. The molecule has 2 aliphatic heterocycles. The minimum Gasteiger partial charge on any atom is -0.450 e. The van der Waals surface area contributed by atoms with Gasteiger partial charge in [-0.2, -0.15) is 0 Å². The van der Waals surface area contributed by atoms with Crippen molar-refractivity contribution in [3.63, 3.8) is 0 Å². The minimum atomic E-state index is -0.214. The quantitative estimate of drug-likeness (QED) is 0.664. The van der Waals surface area contributed by atoms with Crippen LogP contribution in [0.5, 0.6) is 0 Å². The van der Waals surface area contributed by atoms with Crippen molar-refractivity contribution in [3.8, 4) is 0 Å². The number of hydrogen-bond acceptors (Lipinski definition) is 3. The number of fused-ring (bicyclic) bond motifs is 2. The second kappa shape index (κ2) is 5.19. The fraction of sp³-hybridized carbons (Fsp3) is 0.438. The summed E-state index contributed by atoms with van der Waals surface area (Å²) in [5.74, 6) is 0.369. The number of ether oxygens (including phenoxy) is 1. The Morgan fingerprint density at radius 1 is 1.30 bits per heavy atom. The maximum atomic E-state index is 12.3. The summed E-state index contributed by atoms with van der Waals surface area (Å²) in [5.41, 5.74) is 7.63. The fourth-order valence-electron chi connectivity index (χ4n) is 3.28. The van der Waals surface area contributed by atoms with E-state index >= 15 is 0 Å². The molecule has 106 valence electrons. The lowest BCUT2D eigenvalue weighted by atomic mass is 9.77. The molecule has 1 fully saturated rings. The average Bonchev–Trinajstić information content (AvgIpc) is 2.48. The van der Waals surface area contributed by atoms with E-state index in [-0.39, 0.29) is 18.2 Å². The number of piperidine rings is 1. The van der Waals surface area contributed by atoms with Crippen molar-refractivity contribution in [2.24, 2.45) is 5.92 Å². The Balaban J connectivity index is 1.95. The molecule has 3 aliphatic rings. The molecular weight excluding hydrogens is 252 g/mol. The van der Waals surface area contributed by atoms with Crippen molar-refractivity contribution in [1.82, 2.24) is 4.90 Å². The summed E-state index contributed by atoms with van der Waals surface area (Å²) >= 11 is 0. The van der Waals surface area contributed by atoms with Gasteiger partial charge < -0.3 is 10.5 Å². The smallest absolute Gasteiger partial charge is 0.410 e. The second-order valence-corrected chi connectivity index (χ2v) is 5.41. The number of benzene rings is 1. The molecule has 3 unspecified atom stereocenters. The van der Waals surface area contributed by atoms with Gasteiger partial charge in [-0.3, -0.25) is 4.90 Å². The van der Waals surface area contributed by atoms with Crippen LogP contribution in [0, 0.1) is 5.92 Å². The number of carbonyl (C=O) groups excluding carboxylic acids is 1. The van der Waals surface area contributed by atoms with Crippen LogP contribution in [-0.4, -0.2) is 23.6 Å². The topological polar surface area (TPSA) is 55.6 Å². The van der Waals surface area contributed by atoms with E-state index in [1.165, 1.54) is 0 Å². The highest BCUT2D eigenvalue weighted by atomic mass is 16.6. The molecule has 2 heterocycles. The summed E-state index contributed by atoms with van der Waals surface area (Å²) in [4.78, 5) is 14.2. The van der Waals surface area contributed by atoms with Gasteiger partial charge in [-0.1, -0.05) is 24.3 Å². The molecule has 0 saturated carbocycles. The van der Waals surface area contributed by atoms with Gasteiger partial charge in [-0.25, -0.2) is 4.79 Å². The van der Waals surface area contributed by atoms with Crippen molar-refractivity contribution >= 4 is 11.8 Å². The number of nitrogens with two attached hydrogens (primary N) is 1. The predicted octanol–water partition coefficient (Wildman–Crippen LogP) is 3.12. The van der Waals surface area contributed by atoms with Crippen LogP contribution in [-0.2, 0) is 4.74 Å². The van der Waals surface area contributed by atoms with Crippen molar-refractivity contribution in [1.29, 1.82) is 0 Å². The molecule has 4 heteroatoms. The molecule has 2 bridgehead atoms. The second-order valence-electron chi connectivity index (χ2n) is 5.41. The third-order valence-electron chi connectivity index (χ3n) is 4.20. The first kappa shape index (κ1) is 13.0. The summed E-state index contributed by atoms with van der Waals surface area (Å²) in [5, 5.41) is 0. The summed E-state index contributed by atoms with van der Waals surface area (Å²) < 4.78 is 5.24. The van der Waals surface area contributed by atoms with Crippen LogP contribution < -0.4 is 5.73 Å². The zero-order valence-electron chi connectivity index (χ0n) is 11.7. The number of nitrogens with zero attached hydrogens (tertiary/aromatic N) is 1. The molecule has 4 rings (SSSR count). The van der Waals surface area contributed by atoms with Crippen LogP contribution in [0.15, 0.2) is 36.4 Å². The zero-order chi connectivity index (χ0) is 14.1. The molecule has 0 spiro atoms. The molecule has 0 radical (unpaired) electrons. The Morgan fingerprint density at radius 3 is 2.65 bits per heavy atom. The lowest BCUT2D eigenvalue weighted by Gasteiger charge is -2.47. The molecule has 1 aromatic rings. The van der Waals surface area contributed by atoms with Gasteiger partial charge in [-0.15, -0.1) is 0 Å². The Hall–Kier alpha value is -1.97. The van der Waals surface area contributed by atoms with Gasteiger partial charge in [0, 0.05) is 11.6 Å². The van der Waals surface area contributed by atoms with Gasteiger partial charge in [0.05, 0.1) is 18.7 Å². The van der Waals surface area contributed by atoms with Crippen LogP contribution in [0.4, 0.5) is 10.5 Å². The van der Waals surface area contributed by atoms with Crippen LogP contribution in [0.1, 0.15) is 31.4 Å². The molecule has 0 aromatic heterocycles. The lowest BCUT2D eigenvalue weighted by molar-refractivity contribution is 0.0387. The number of hydrogen-bond donors (Lipinski definition) is 1. The van der Waals surface area contributed by atoms with Gasteiger partial charge in [0.15, 0.2) is 0 Å². The van der Waals surface area contributed by atoms with Gasteiger partial charge >= 0.3 is 6.09 Å². The molecule has 1 saturated heterocycles. The summed E-state index contributed by atoms with van der Waals surface area (Å²) in [6, 6.07) is 8.04. The molecule has 1 aromatic carbocycles. The number of nitrogen functional groups attached to an aromatic ring is 1. The lowest BCUT2D eigenvalue weighted by Crippen LogP contribution is -2.50. The Bertz CT molecular complexity index is 524. The maximum absolute atomic E-state index is 12.3. The highest BCUT2D eigenvalue weighted by molar-refractivity contribution is 5.70. The first-order chi connectivity index (χ1) is 9.70. The zero-order valence-corrected chi connectivity index (χ0v) is 11.7. The number of anilines is 1. The molecule has 4 nitrogen and oxygen atoms in total. The van der Waals surface area contributed by atoms with E-state index in [4.69, 9.17) is 10.5 Å². The Morgan fingerprint density at radius 2 is 2.05 bits per heavy atom. The predicted molar refractivity (Wildman–Crippen MR) is 78.1 cm³/mol. The van der Waals surface area contributed by atoms with Gasteiger partial charge in [0.1, 0.15) is 0 Å². The Labute approximate surface area is 119 Å². The molecular formula is C16H20N2O2. The van der Waals surface area contributed by atoms with Crippen molar-refractivity contribution in [3.05, 3.63) is 42.0 Å². The van der Waals surface area contributed by atoms with Crippen LogP contribution >= 0.6 is 0 Å². The summed E-state index contributed by atoms with van der Waals surface area (Å²) in [6.45, 7) is 2.25. The summed E-state index contributed by atoms with van der Waals surface area (Å²) in [7, 11) is 0. The highest BCUT2D eigenvalue weighted by Gasteiger charge is 2.42. The van der Waals surface area contributed by atoms with Crippen molar-refractivity contribution in [2.45, 2.75) is 31.8 Å². The molecule has 1 aliphatic carbocycles. The number of carbonyl (C=O) groups is 1. The van der Waals surface area contributed by atoms with E-state index in [1.807, 2.05) is 36.1 Å². The van der Waals surface area contributed by atoms with E-state index in [2.05, 4.69) is 12.2 Å². The number of rotatable bonds is 2. The summed E-state index contributed by atoms with van der Waals surface area (Å²) in [6.07, 6.45) is 6.30. The first-order valence-electron chi connectivity index (χ1n) is 7.19. The largest absolute Gasteiger partial charge is 0.450 e. The molecule has 2 N–H and O–H groups in total. The molecule has 20 heavy (non-hydrogen) atoms. The number of amides is 1. The normalized spacial score (nSPS) is 27.6. The van der Waals surface area contributed by atoms with E-state index in [9.17, 15) is 4.79 Å².